The van der Waals surface area contributed by atoms with Crippen molar-refractivity contribution in [3.8, 4) is 0 Å². The van der Waals surface area contributed by atoms with Gasteiger partial charge in [-0.25, -0.2) is 4.79 Å². The molecule has 0 aliphatic carbocycles. The van der Waals surface area contributed by atoms with Gasteiger partial charge in [0.2, 0.25) is 5.71 Å². The molecule has 8 nitrogen and oxygen atoms in total. The monoisotopic (exact) mass is 438 g/mol. The second-order valence-electron chi connectivity index (χ2n) is 8.30. The Balaban J connectivity index is 1.54. The minimum Gasteiger partial charge on any atom is -0.462 e. The molecule has 170 valence electrons. The first kappa shape index (κ1) is 22.1. The van der Waals surface area contributed by atoms with Gasteiger partial charge in [0.1, 0.15) is 22.5 Å². The van der Waals surface area contributed by atoms with Crippen molar-refractivity contribution in [3.05, 3.63) is 57.3 Å². The number of esters is 1. The summed E-state index contributed by atoms with van der Waals surface area (Å²) in [7, 11) is 1.99. The maximum atomic E-state index is 12.8. The first-order valence-electron chi connectivity index (χ1n) is 11.2. The predicted octanol–water partition coefficient (Wildman–Crippen LogP) is 3.62. The zero-order valence-electron chi connectivity index (χ0n) is 18.9. The summed E-state index contributed by atoms with van der Waals surface area (Å²) in [6, 6.07) is 8.48. The lowest BCUT2D eigenvalue weighted by Crippen LogP contribution is -2.31. The largest absolute Gasteiger partial charge is 0.462 e. The quantitative estimate of drug-likeness (QED) is 0.563. The summed E-state index contributed by atoms with van der Waals surface area (Å²) in [5.41, 5.74) is 2.43. The Kier molecular flexibility index (Phi) is 6.60. The number of aromatic nitrogens is 2. The Morgan fingerprint density at radius 3 is 2.72 bits per heavy atom. The zero-order chi connectivity index (χ0) is 22.7. The van der Waals surface area contributed by atoms with Crippen molar-refractivity contribution in [3.63, 3.8) is 0 Å². The molecular weight excluding hydrogens is 408 g/mol. The average Bonchev–Trinajstić information content (AvgIpc) is 3.11. The van der Waals surface area contributed by atoms with Gasteiger partial charge in [-0.3, -0.25) is 9.69 Å². The number of anilines is 1. The number of H-pyrrole nitrogens is 1. The van der Waals surface area contributed by atoms with E-state index in [0.717, 1.165) is 19.6 Å². The Morgan fingerprint density at radius 1 is 1.22 bits per heavy atom. The highest BCUT2D eigenvalue weighted by molar-refractivity contribution is 6.03. The number of aromatic amines is 1. The number of hydrogen-bond acceptors (Lipinski definition) is 7. The van der Waals surface area contributed by atoms with Gasteiger partial charge in [0, 0.05) is 25.3 Å². The van der Waals surface area contributed by atoms with E-state index in [-0.39, 0.29) is 23.3 Å². The van der Waals surface area contributed by atoms with Crippen LogP contribution in [0, 0.1) is 6.92 Å². The molecule has 1 N–H and O–H groups in total. The maximum absolute atomic E-state index is 12.8. The van der Waals surface area contributed by atoms with E-state index in [4.69, 9.17) is 9.15 Å². The van der Waals surface area contributed by atoms with Crippen molar-refractivity contribution in [1.82, 2.24) is 14.9 Å². The number of hydrogen-bond donors (Lipinski definition) is 1. The van der Waals surface area contributed by atoms with E-state index >= 15 is 0 Å². The summed E-state index contributed by atoms with van der Waals surface area (Å²) in [6.45, 7) is 6.91. The van der Waals surface area contributed by atoms with Crippen molar-refractivity contribution in [2.75, 3.05) is 31.6 Å². The fraction of sp³-hybridized carbons (Fsp3) is 0.458. The van der Waals surface area contributed by atoms with Crippen LogP contribution in [0.2, 0.25) is 0 Å². The van der Waals surface area contributed by atoms with Gasteiger partial charge in [-0.2, -0.15) is 4.98 Å². The van der Waals surface area contributed by atoms with Crippen LogP contribution < -0.4 is 10.5 Å². The van der Waals surface area contributed by atoms with E-state index < -0.39 is 11.5 Å². The second-order valence-corrected chi connectivity index (χ2v) is 8.30. The van der Waals surface area contributed by atoms with Gasteiger partial charge in [-0.05, 0) is 51.8 Å². The van der Waals surface area contributed by atoms with Crippen LogP contribution >= 0.6 is 0 Å². The first-order valence-corrected chi connectivity index (χ1v) is 11.2. The number of fused-ring (bicyclic) bond motifs is 1. The van der Waals surface area contributed by atoms with Crippen LogP contribution in [-0.4, -0.2) is 47.6 Å². The summed E-state index contributed by atoms with van der Waals surface area (Å²) in [5, 5.41) is 0.141. The number of carbonyl (C=O) groups is 1. The highest BCUT2D eigenvalue weighted by Crippen LogP contribution is 2.26. The summed E-state index contributed by atoms with van der Waals surface area (Å²) >= 11 is 0. The zero-order valence-corrected chi connectivity index (χ0v) is 18.9. The molecule has 1 aromatic carbocycles. The number of nitrogens with zero attached hydrogens (tertiary/aromatic N) is 3. The molecular formula is C24H30N4O4. The summed E-state index contributed by atoms with van der Waals surface area (Å²) < 4.78 is 10.7. The number of piperidine rings is 1. The van der Waals surface area contributed by atoms with Crippen molar-refractivity contribution < 1.29 is 13.9 Å². The Bertz CT molecular complexity index is 1160. The minimum atomic E-state index is -0.574. The van der Waals surface area contributed by atoms with E-state index in [9.17, 15) is 9.59 Å². The molecule has 2 aromatic heterocycles. The first-order chi connectivity index (χ1) is 15.5. The number of furan rings is 1. The van der Waals surface area contributed by atoms with Gasteiger partial charge < -0.3 is 19.0 Å². The molecule has 0 unspecified atom stereocenters. The Labute approximate surface area is 187 Å². The molecule has 1 aliphatic heterocycles. The lowest BCUT2D eigenvalue weighted by Gasteiger charge is -2.31. The highest BCUT2D eigenvalue weighted by Gasteiger charge is 2.24. The summed E-state index contributed by atoms with van der Waals surface area (Å²) in [4.78, 5) is 36.8. The standard InChI is InChI=1S/C24H30N4O4/c1-4-31-24(30)20-16(2)32-23-21(20)22(29)25-19(26-23)15-27(3)14-17-10-6-7-11-18(17)28-12-8-5-9-13-28/h6-7,10-11H,4-5,8-9,12-15H2,1-3H3,(H,25,26,29). The van der Waals surface area contributed by atoms with Crippen LogP contribution in [0.1, 0.15) is 53.7 Å². The Hall–Kier alpha value is -3.13. The van der Waals surface area contributed by atoms with Crippen LogP contribution in [0.15, 0.2) is 33.5 Å². The third-order valence-electron chi connectivity index (χ3n) is 5.81. The topological polar surface area (TPSA) is 91.7 Å². The third-order valence-corrected chi connectivity index (χ3v) is 5.81. The minimum absolute atomic E-state index is 0.141. The molecule has 32 heavy (non-hydrogen) atoms. The molecule has 0 atom stereocenters. The Morgan fingerprint density at radius 2 is 1.97 bits per heavy atom. The normalized spacial score (nSPS) is 14.3. The molecule has 0 spiro atoms. The molecule has 0 bridgehead atoms. The van der Waals surface area contributed by atoms with E-state index in [2.05, 4.69) is 44.0 Å². The molecule has 0 saturated carbocycles. The lowest BCUT2D eigenvalue weighted by molar-refractivity contribution is 0.0526. The maximum Gasteiger partial charge on any atom is 0.342 e. The number of aryl methyl sites for hydroxylation is 1. The lowest BCUT2D eigenvalue weighted by atomic mass is 10.1. The molecule has 4 rings (SSSR count). The van der Waals surface area contributed by atoms with E-state index in [1.165, 1.54) is 30.5 Å². The van der Waals surface area contributed by atoms with Crippen LogP contribution in [-0.2, 0) is 17.8 Å². The summed E-state index contributed by atoms with van der Waals surface area (Å²) in [6.07, 6.45) is 3.75. The average molecular weight is 439 g/mol. The molecule has 3 heterocycles. The number of para-hydroxylation sites is 1. The predicted molar refractivity (Wildman–Crippen MR) is 123 cm³/mol. The second kappa shape index (κ2) is 9.56. The van der Waals surface area contributed by atoms with Gasteiger partial charge in [-0.1, -0.05) is 18.2 Å². The smallest absolute Gasteiger partial charge is 0.342 e. The number of rotatable bonds is 7. The van der Waals surface area contributed by atoms with Crippen molar-refractivity contribution in [2.45, 2.75) is 46.2 Å². The fourth-order valence-electron chi connectivity index (χ4n) is 4.38. The SMILES string of the molecule is CCOC(=O)c1c(C)oc2nc(CN(C)Cc3ccccc3N3CCCCC3)[nH]c(=O)c12. The third kappa shape index (κ3) is 4.55. The molecule has 1 aliphatic rings. The molecule has 1 fully saturated rings. The van der Waals surface area contributed by atoms with E-state index in [1.54, 1.807) is 13.8 Å². The molecule has 3 aromatic rings. The summed E-state index contributed by atoms with van der Waals surface area (Å²) in [5.74, 6) is 0.247. The van der Waals surface area contributed by atoms with Crippen LogP contribution in [0.5, 0.6) is 0 Å². The van der Waals surface area contributed by atoms with E-state index in [1.807, 2.05) is 7.05 Å². The van der Waals surface area contributed by atoms with Gasteiger partial charge in [-0.15, -0.1) is 0 Å². The van der Waals surface area contributed by atoms with Gasteiger partial charge >= 0.3 is 5.97 Å². The number of nitrogens with one attached hydrogen (secondary N) is 1. The molecule has 0 amide bonds. The van der Waals surface area contributed by atoms with Gasteiger partial charge in [0.05, 0.1) is 13.2 Å². The molecule has 1 saturated heterocycles. The number of benzene rings is 1. The number of carbonyl (C=O) groups excluding carboxylic acids is 1. The van der Waals surface area contributed by atoms with E-state index in [0.29, 0.717) is 18.1 Å². The molecule has 0 radical (unpaired) electrons. The fourth-order valence-corrected chi connectivity index (χ4v) is 4.38. The van der Waals surface area contributed by atoms with Crippen LogP contribution in [0.4, 0.5) is 5.69 Å². The number of ether oxygens (including phenoxy) is 1. The van der Waals surface area contributed by atoms with Gasteiger partial charge in [0.15, 0.2) is 0 Å². The van der Waals surface area contributed by atoms with Crippen molar-refractivity contribution in [1.29, 1.82) is 0 Å². The van der Waals surface area contributed by atoms with Crippen molar-refractivity contribution >= 4 is 22.8 Å². The highest BCUT2D eigenvalue weighted by atomic mass is 16.5. The van der Waals surface area contributed by atoms with Crippen LogP contribution in [0.25, 0.3) is 11.1 Å². The van der Waals surface area contributed by atoms with Crippen molar-refractivity contribution in [2.24, 2.45) is 0 Å². The molecule has 8 heteroatoms. The van der Waals surface area contributed by atoms with Gasteiger partial charge in [0.25, 0.3) is 5.56 Å². The van der Waals surface area contributed by atoms with Crippen LogP contribution in [0.3, 0.4) is 0 Å².